The van der Waals surface area contributed by atoms with Gasteiger partial charge in [0.1, 0.15) is 0 Å². The van der Waals surface area contributed by atoms with Gasteiger partial charge in [0, 0.05) is 18.7 Å². The highest BCUT2D eigenvalue weighted by molar-refractivity contribution is 5.93. The zero-order valence-electron chi connectivity index (χ0n) is 17.7. The van der Waals surface area contributed by atoms with Gasteiger partial charge in [-0.3, -0.25) is 4.98 Å². The highest BCUT2D eigenvalue weighted by atomic mass is 16.4. The maximum atomic E-state index is 11.2. The second-order valence-electron chi connectivity index (χ2n) is 5.40. The molecule has 1 atom stereocenters. The van der Waals surface area contributed by atoms with Gasteiger partial charge in [-0.1, -0.05) is 65.8 Å². The fourth-order valence-electron chi connectivity index (χ4n) is 3.02. The summed E-state index contributed by atoms with van der Waals surface area (Å²) in [5.74, 6) is -0.499. The van der Waals surface area contributed by atoms with Crippen molar-refractivity contribution in [1.29, 1.82) is 0 Å². The lowest BCUT2D eigenvalue weighted by Crippen LogP contribution is -2.19. The number of aromatic carboxylic acids is 1. The molecule has 1 unspecified atom stereocenters. The maximum Gasteiger partial charge on any atom is 0.337 e. The Morgan fingerprint density at radius 1 is 1.11 bits per heavy atom. The molecular formula is C23H36N2O2. The van der Waals surface area contributed by atoms with E-state index in [2.05, 4.69) is 34.6 Å². The summed E-state index contributed by atoms with van der Waals surface area (Å²) < 4.78 is 0. The Bertz CT molecular complexity index is 656. The van der Waals surface area contributed by atoms with E-state index in [9.17, 15) is 9.90 Å². The average Bonchev–Trinajstić information content (AvgIpc) is 2.76. The van der Waals surface area contributed by atoms with Crippen LogP contribution in [-0.2, 0) is 6.42 Å². The molecule has 0 amide bonds. The van der Waals surface area contributed by atoms with E-state index in [0.717, 1.165) is 19.4 Å². The summed E-state index contributed by atoms with van der Waals surface area (Å²) in [7, 11) is 0. The Morgan fingerprint density at radius 3 is 2.44 bits per heavy atom. The summed E-state index contributed by atoms with van der Waals surface area (Å²) in [5.41, 5.74) is 3.67. The highest BCUT2D eigenvalue weighted by Crippen LogP contribution is 2.31. The van der Waals surface area contributed by atoms with Crippen molar-refractivity contribution in [3.63, 3.8) is 0 Å². The van der Waals surface area contributed by atoms with Crippen LogP contribution in [0.25, 0.3) is 0 Å². The van der Waals surface area contributed by atoms with Gasteiger partial charge in [-0.25, -0.2) is 4.79 Å². The monoisotopic (exact) mass is 372 g/mol. The quantitative estimate of drug-likeness (QED) is 0.652. The van der Waals surface area contributed by atoms with Gasteiger partial charge < -0.3 is 10.4 Å². The number of hydrogen-bond donors (Lipinski definition) is 2. The maximum absolute atomic E-state index is 11.2. The first kappa shape index (κ1) is 24.6. The number of carbonyl (C=O) groups is 1. The SMILES string of the molecule is CC.CC.CC.O=C(O)c1ccncc1NCC1CCCc2ccccc21. The molecule has 1 aromatic heterocycles. The molecule has 0 fully saturated rings. The Kier molecular flexibility index (Phi) is 13.5. The van der Waals surface area contributed by atoms with E-state index < -0.39 is 5.97 Å². The van der Waals surface area contributed by atoms with Crippen molar-refractivity contribution in [2.75, 3.05) is 11.9 Å². The fourth-order valence-corrected chi connectivity index (χ4v) is 3.02. The first-order valence-corrected chi connectivity index (χ1v) is 10.2. The second-order valence-corrected chi connectivity index (χ2v) is 5.40. The molecule has 3 rings (SSSR count). The average molecular weight is 373 g/mol. The van der Waals surface area contributed by atoms with E-state index in [1.807, 2.05) is 41.5 Å². The molecular weight excluding hydrogens is 336 g/mol. The van der Waals surface area contributed by atoms with Crippen molar-refractivity contribution in [2.24, 2.45) is 0 Å². The molecule has 0 bridgehead atoms. The van der Waals surface area contributed by atoms with Crippen LogP contribution in [0.5, 0.6) is 0 Å². The van der Waals surface area contributed by atoms with Crippen LogP contribution in [-0.4, -0.2) is 22.6 Å². The molecule has 0 spiro atoms. The number of anilines is 1. The zero-order valence-corrected chi connectivity index (χ0v) is 17.7. The lowest BCUT2D eigenvalue weighted by molar-refractivity contribution is 0.0698. The first-order chi connectivity index (χ1) is 13.3. The largest absolute Gasteiger partial charge is 0.478 e. The molecule has 150 valence electrons. The van der Waals surface area contributed by atoms with Crippen molar-refractivity contribution >= 4 is 11.7 Å². The summed E-state index contributed by atoms with van der Waals surface area (Å²) in [5, 5.41) is 12.5. The number of nitrogens with one attached hydrogen (secondary N) is 1. The second kappa shape index (κ2) is 14.8. The fraction of sp³-hybridized carbons (Fsp3) is 0.478. The van der Waals surface area contributed by atoms with Gasteiger partial charge in [0.25, 0.3) is 0 Å². The number of carboxylic acid groups (broad SMARTS) is 1. The summed E-state index contributed by atoms with van der Waals surface area (Å²) in [4.78, 5) is 15.2. The minimum absolute atomic E-state index is 0.272. The number of rotatable bonds is 4. The Hall–Kier alpha value is -2.36. The molecule has 0 radical (unpaired) electrons. The van der Waals surface area contributed by atoms with E-state index in [-0.39, 0.29) is 5.56 Å². The molecule has 0 saturated carbocycles. The van der Waals surface area contributed by atoms with E-state index in [4.69, 9.17) is 0 Å². The molecule has 1 aliphatic carbocycles. The van der Waals surface area contributed by atoms with E-state index in [0.29, 0.717) is 11.6 Å². The minimum Gasteiger partial charge on any atom is -0.478 e. The number of aryl methyl sites for hydroxylation is 1. The third-order valence-corrected chi connectivity index (χ3v) is 4.08. The standard InChI is InChI=1S/C17H18N2O2.3C2H6/c20-17(21)15-8-9-18-11-16(15)19-10-13-6-3-5-12-4-1-2-7-14(12)13;3*1-2/h1-2,4,7-9,11,13,19H,3,5-6,10H2,(H,20,21);3*1-2H3. The van der Waals surface area contributed by atoms with Gasteiger partial charge in [-0.05, 0) is 36.5 Å². The summed E-state index contributed by atoms with van der Waals surface area (Å²) >= 11 is 0. The molecule has 4 nitrogen and oxygen atoms in total. The summed E-state index contributed by atoms with van der Waals surface area (Å²) in [6, 6.07) is 10.1. The minimum atomic E-state index is -0.927. The lowest BCUT2D eigenvalue weighted by atomic mass is 9.83. The van der Waals surface area contributed by atoms with Crippen LogP contribution >= 0.6 is 0 Å². The first-order valence-electron chi connectivity index (χ1n) is 10.2. The van der Waals surface area contributed by atoms with Gasteiger partial charge in [0.15, 0.2) is 0 Å². The van der Waals surface area contributed by atoms with Crippen LogP contribution in [0, 0.1) is 0 Å². The van der Waals surface area contributed by atoms with Crippen molar-refractivity contribution in [3.05, 3.63) is 59.4 Å². The zero-order chi connectivity index (χ0) is 20.7. The number of aromatic nitrogens is 1. The molecule has 4 heteroatoms. The van der Waals surface area contributed by atoms with E-state index in [1.54, 1.807) is 6.20 Å². The molecule has 2 N–H and O–H groups in total. The summed E-state index contributed by atoms with van der Waals surface area (Å²) in [6.45, 7) is 12.7. The van der Waals surface area contributed by atoms with Crippen molar-refractivity contribution in [3.8, 4) is 0 Å². The van der Waals surface area contributed by atoms with Crippen molar-refractivity contribution in [2.45, 2.75) is 66.7 Å². The molecule has 1 heterocycles. The van der Waals surface area contributed by atoms with Crippen LogP contribution < -0.4 is 5.32 Å². The molecule has 1 aliphatic rings. The number of benzene rings is 1. The molecule has 2 aromatic rings. The summed E-state index contributed by atoms with van der Waals surface area (Å²) in [6.07, 6.45) is 6.54. The van der Waals surface area contributed by atoms with Crippen LogP contribution in [0.2, 0.25) is 0 Å². The number of hydrogen-bond acceptors (Lipinski definition) is 3. The van der Waals surface area contributed by atoms with Crippen LogP contribution in [0.15, 0.2) is 42.7 Å². The predicted molar refractivity (Wildman–Crippen MR) is 116 cm³/mol. The Balaban J connectivity index is 0.00000103. The topological polar surface area (TPSA) is 62.2 Å². The van der Waals surface area contributed by atoms with Gasteiger partial charge in [-0.2, -0.15) is 0 Å². The van der Waals surface area contributed by atoms with E-state index in [1.165, 1.54) is 29.8 Å². The van der Waals surface area contributed by atoms with E-state index >= 15 is 0 Å². The van der Waals surface area contributed by atoms with Gasteiger partial charge >= 0.3 is 5.97 Å². The molecule has 27 heavy (non-hydrogen) atoms. The molecule has 1 aromatic carbocycles. The third-order valence-electron chi connectivity index (χ3n) is 4.08. The number of carboxylic acids is 1. The highest BCUT2D eigenvalue weighted by Gasteiger charge is 2.20. The Labute approximate surface area is 165 Å². The molecule has 0 aliphatic heterocycles. The van der Waals surface area contributed by atoms with Gasteiger partial charge in [-0.15, -0.1) is 0 Å². The normalized spacial score (nSPS) is 13.9. The van der Waals surface area contributed by atoms with Gasteiger partial charge in [0.05, 0.1) is 17.4 Å². The number of pyridine rings is 1. The lowest BCUT2D eigenvalue weighted by Gasteiger charge is -2.26. The van der Waals surface area contributed by atoms with Crippen molar-refractivity contribution in [1.82, 2.24) is 4.98 Å². The number of fused-ring (bicyclic) bond motifs is 1. The Morgan fingerprint density at radius 2 is 1.78 bits per heavy atom. The van der Waals surface area contributed by atoms with Crippen LogP contribution in [0.1, 0.15) is 81.8 Å². The van der Waals surface area contributed by atoms with Gasteiger partial charge in [0.2, 0.25) is 0 Å². The third kappa shape index (κ3) is 7.41. The van der Waals surface area contributed by atoms with Crippen LogP contribution in [0.3, 0.4) is 0 Å². The van der Waals surface area contributed by atoms with Crippen molar-refractivity contribution < 1.29 is 9.90 Å². The van der Waals surface area contributed by atoms with Crippen LogP contribution in [0.4, 0.5) is 5.69 Å². The predicted octanol–water partition coefficient (Wildman–Crippen LogP) is 6.39. The number of nitrogens with zero attached hydrogens (tertiary/aromatic N) is 1. The molecule has 0 saturated heterocycles. The smallest absolute Gasteiger partial charge is 0.337 e.